The first-order valence-corrected chi connectivity index (χ1v) is 11.1. The zero-order valence-corrected chi connectivity index (χ0v) is 18.1. The molecule has 0 saturated carbocycles. The first-order chi connectivity index (χ1) is 14.7. The van der Waals surface area contributed by atoms with Crippen LogP contribution >= 0.6 is 0 Å². The zero-order chi connectivity index (χ0) is 21.4. The molecule has 0 aromatic heterocycles. The van der Waals surface area contributed by atoms with Crippen molar-refractivity contribution < 1.29 is 24.4 Å². The molecule has 0 aliphatic rings. The van der Waals surface area contributed by atoms with Crippen molar-refractivity contribution in [3.05, 3.63) is 48.5 Å². The minimum absolute atomic E-state index is 0.109. The molecule has 30 heavy (non-hydrogen) atoms. The van der Waals surface area contributed by atoms with Crippen LogP contribution in [0.5, 0.6) is 11.5 Å². The molecule has 1 atom stereocenters. The summed E-state index contributed by atoms with van der Waals surface area (Å²) in [6, 6.07) is 16.1. The predicted octanol–water partition coefficient (Wildman–Crippen LogP) is 4.84. The molecule has 2 rings (SSSR count). The van der Waals surface area contributed by atoms with Gasteiger partial charge in [-0.15, -0.1) is 0 Å². The van der Waals surface area contributed by atoms with Crippen molar-refractivity contribution in [3.8, 4) is 22.6 Å². The lowest BCUT2D eigenvalue weighted by Crippen LogP contribution is -2.21. The van der Waals surface area contributed by atoms with Crippen molar-refractivity contribution in [1.82, 2.24) is 0 Å². The van der Waals surface area contributed by atoms with E-state index in [4.69, 9.17) is 19.3 Å². The lowest BCUT2D eigenvalue weighted by Gasteiger charge is -2.10. The van der Waals surface area contributed by atoms with Crippen LogP contribution in [0.3, 0.4) is 0 Å². The van der Waals surface area contributed by atoms with Gasteiger partial charge in [0, 0.05) is 0 Å². The van der Waals surface area contributed by atoms with Crippen LogP contribution in [0.2, 0.25) is 0 Å². The summed E-state index contributed by atoms with van der Waals surface area (Å²) in [6.07, 6.45) is 6.76. The molecule has 5 heteroatoms. The van der Waals surface area contributed by atoms with E-state index >= 15 is 0 Å². The molecule has 0 amide bonds. The van der Waals surface area contributed by atoms with E-state index in [0.29, 0.717) is 13.2 Å². The maximum Gasteiger partial charge on any atom is 0.119 e. The Morgan fingerprint density at radius 1 is 0.700 bits per heavy atom. The topological polar surface area (TPSA) is 68.2 Å². The monoisotopic (exact) mass is 416 g/mol. The molecule has 1 unspecified atom stereocenters. The van der Waals surface area contributed by atoms with Gasteiger partial charge in [0.15, 0.2) is 0 Å². The second kappa shape index (κ2) is 14.8. The maximum atomic E-state index is 9.20. The molecule has 0 bridgehead atoms. The molecule has 2 aromatic carbocycles. The van der Waals surface area contributed by atoms with E-state index in [0.717, 1.165) is 35.7 Å². The fraction of sp³-hybridized carbons (Fsp3) is 0.520. The molecule has 0 spiro atoms. The quantitative estimate of drug-likeness (QED) is 0.383. The third-order valence-electron chi connectivity index (χ3n) is 4.83. The molecule has 0 saturated heterocycles. The van der Waals surface area contributed by atoms with E-state index < -0.39 is 6.10 Å². The molecular formula is C25H36O5. The second-order valence-corrected chi connectivity index (χ2v) is 7.42. The van der Waals surface area contributed by atoms with Crippen molar-refractivity contribution >= 4 is 0 Å². The average Bonchev–Trinajstić information content (AvgIpc) is 2.79. The Bertz CT molecular complexity index is 669. The lowest BCUT2D eigenvalue weighted by molar-refractivity contribution is -0.00138. The Hall–Kier alpha value is -2.08. The van der Waals surface area contributed by atoms with Crippen LogP contribution in [0.1, 0.15) is 45.4 Å². The van der Waals surface area contributed by atoms with E-state index in [-0.39, 0.29) is 13.2 Å². The van der Waals surface area contributed by atoms with Gasteiger partial charge in [-0.25, -0.2) is 0 Å². The van der Waals surface area contributed by atoms with Gasteiger partial charge in [0.25, 0.3) is 0 Å². The summed E-state index contributed by atoms with van der Waals surface area (Å²) in [6.45, 7) is 3.58. The van der Waals surface area contributed by atoms with Gasteiger partial charge in [0.05, 0.1) is 26.4 Å². The summed E-state index contributed by atoms with van der Waals surface area (Å²) < 4.78 is 16.7. The minimum atomic E-state index is -0.836. The van der Waals surface area contributed by atoms with Crippen LogP contribution in [-0.4, -0.2) is 49.4 Å². The molecule has 0 heterocycles. The number of aliphatic hydroxyl groups is 2. The molecule has 166 valence electrons. The van der Waals surface area contributed by atoms with E-state index in [1.807, 2.05) is 36.4 Å². The fourth-order valence-electron chi connectivity index (χ4n) is 3.05. The largest absolute Gasteiger partial charge is 0.494 e. The molecule has 2 N–H and O–H groups in total. The third-order valence-corrected chi connectivity index (χ3v) is 4.83. The number of hydrogen-bond acceptors (Lipinski definition) is 5. The number of rotatable bonds is 16. The van der Waals surface area contributed by atoms with Gasteiger partial charge in [-0.2, -0.15) is 0 Å². The average molecular weight is 417 g/mol. The Balaban J connectivity index is 1.68. The number of unbranched alkanes of at least 4 members (excludes halogenated alkanes) is 5. The van der Waals surface area contributed by atoms with Crippen LogP contribution in [0.25, 0.3) is 11.1 Å². The van der Waals surface area contributed by atoms with Crippen molar-refractivity contribution in [1.29, 1.82) is 0 Å². The highest BCUT2D eigenvalue weighted by Crippen LogP contribution is 2.24. The van der Waals surface area contributed by atoms with E-state index in [9.17, 15) is 5.11 Å². The maximum absolute atomic E-state index is 9.20. The summed E-state index contributed by atoms with van der Waals surface area (Å²) in [5.74, 6) is 1.68. The standard InChI is InChI=1S/C25H36O5/c1-2-3-4-5-6-7-16-29-24-12-8-21(9-13-24)22-10-14-25(15-11-22)30-18-17-28-20-23(27)19-26/h8-15,23,26-27H,2-7,16-20H2,1H3. The molecule has 0 fully saturated rings. The normalized spacial score (nSPS) is 12.0. The number of aliphatic hydroxyl groups excluding tert-OH is 2. The van der Waals surface area contributed by atoms with E-state index in [1.54, 1.807) is 0 Å². The van der Waals surface area contributed by atoms with Crippen molar-refractivity contribution in [3.63, 3.8) is 0 Å². The van der Waals surface area contributed by atoms with Gasteiger partial charge >= 0.3 is 0 Å². The van der Waals surface area contributed by atoms with Gasteiger partial charge in [0.2, 0.25) is 0 Å². The van der Waals surface area contributed by atoms with E-state index in [1.165, 1.54) is 32.1 Å². The molecule has 2 aromatic rings. The highest BCUT2D eigenvalue weighted by Gasteiger charge is 2.03. The Morgan fingerprint density at radius 3 is 1.80 bits per heavy atom. The van der Waals surface area contributed by atoms with Gasteiger partial charge in [-0.3, -0.25) is 0 Å². The molecule has 0 aliphatic heterocycles. The van der Waals surface area contributed by atoms with Crippen LogP contribution in [0.4, 0.5) is 0 Å². The summed E-state index contributed by atoms with van der Waals surface area (Å²) in [5, 5.41) is 17.9. The predicted molar refractivity (Wildman–Crippen MR) is 120 cm³/mol. The minimum Gasteiger partial charge on any atom is -0.494 e. The second-order valence-electron chi connectivity index (χ2n) is 7.42. The van der Waals surface area contributed by atoms with E-state index in [2.05, 4.69) is 19.1 Å². The Kier molecular flexibility index (Phi) is 12.0. The summed E-state index contributed by atoms with van der Waals surface area (Å²) in [4.78, 5) is 0. The van der Waals surface area contributed by atoms with Gasteiger partial charge in [-0.1, -0.05) is 63.3 Å². The Morgan fingerprint density at radius 2 is 1.23 bits per heavy atom. The molecular weight excluding hydrogens is 380 g/mol. The number of ether oxygens (including phenoxy) is 3. The Labute approximate surface area is 180 Å². The van der Waals surface area contributed by atoms with Crippen LogP contribution < -0.4 is 9.47 Å². The van der Waals surface area contributed by atoms with Crippen LogP contribution in [-0.2, 0) is 4.74 Å². The SMILES string of the molecule is CCCCCCCCOc1ccc(-c2ccc(OCCOCC(O)CO)cc2)cc1. The van der Waals surface area contributed by atoms with Crippen molar-refractivity contribution in [2.75, 3.05) is 33.0 Å². The molecule has 0 radical (unpaired) electrons. The summed E-state index contributed by atoms with van der Waals surface area (Å²) >= 11 is 0. The highest BCUT2D eigenvalue weighted by atomic mass is 16.5. The third kappa shape index (κ3) is 9.61. The number of benzene rings is 2. The smallest absolute Gasteiger partial charge is 0.119 e. The van der Waals surface area contributed by atoms with Crippen LogP contribution in [0.15, 0.2) is 48.5 Å². The van der Waals surface area contributed by atoms with Crippen molar-refractivity contribution in [2.24, 2.45) is 0 Å². The summed E-state index contributed by atoms with van der Waals surface area (Å²) in [5.41, 5.74) is 2.25. The first-order valence-electron chi connectivity index (χ1n) is 11.1. The molecule has 0 aliphatic carbocycles. The summed E-state index contributed by atoms with van der Waals surface area (Å²) in [7, 11) is 0. The number of hydrogen-bond donors (Lipinski definition) is 2. The van der Waals surface area contributed by atoms with Gasteiger partial charge in [-0.05, 0) is 41.8 Å². The molecule has 5 nitrogen and oxygen atoms in total. The lowest BCUT2D eigenvalue weighted by atomic mass is 10.1. The van der Waals surface area contributed by atoms with Gasteiger partial charge in [0.1, 0.15) is 24.2 Å². The van der Waals surface area contributed by atoms with Crippen LogP contribution in [0, 0.1) is 0 Å². The van der Waals surface area contributed by atoms with Gasteiger partial charge < -0.3 is 24.4 Å². The van der Waals surface area contributed by atoms with Crippen molar-refractivity contribution in [2.45, 2.75) is 51.6 Å². The zero-order valence-electron chi connectivity index (χ0n) is 18.1. The fourth-order valence-corrected chi connectivity index (χ4v) is 3.05. The first kappa shape index (κ1) is 24.2. The highest BCUT2D eigenvalue weighted by molar-refractivity contribution is 5.64.